The number of fused-ring (bicyclic) bond motifs is 1. The standard InChI is InChI=1S/C27H30N4O4/c1-17(2)29-27(32)30-20-7-5-19(6-8-20)26-24(12-28)23-10-9-21(35-22-14-33-16-34-15-22)11-25(23)31(26)13-18-3-4-18/h5-11,17-18,22H,3-4,13-16H2,1-2H3,(H2,29,30,32). The van der Waals surface area contributed by atoms with Crippen LogP contribution >= 0.6 is 0 Å². The van der Waals surface area contributed by atoms with E-state index in [0.29, 0.717) is 37.2 Å². The summed E-state index contributed by atoms with van der Waals surface area (Å²) >= 11 is 0. The minimum atomic E-state index is -0.241. The summed E-state index contributed by atoms with van der Waals surface area (Å²) in [5.74, 6) is 1.35. The van der Waals surface area contributed by atoms with Gasteiger partial charge in [-0.2, -0.15) is 5.26 Å². The summed E-state index contributed by atoms with van der Waals surface area (Å²) in [5, 5.41) is 16.7. The number of carbonyl (C=O) groups excluding carboxylic acids is 1. The van der Waals surface area contributed by atoms with Crippen LogP contribution in [0.2, 0.25) is 0 Å². The number of nitrogens with zero attached hydrogens (tertiary/aromatic N) is 2. The predicted molar refractivity (Wildman–Crippen MR) is 133 cm³/mol. The normalized spacial score (nSPS) is 16.3. The molecule has 0 bridgehead atoms. The van der Waals surface area contributed by atoms with Gasteiger partial charge < -0.3 is 29.4 Å². The van der Waals surface area contributed by atoms with Crippen molar-refractivity contribution >= 4 is 22.6 Å². The van der Waals surface area contributed by atoms with Crippen LogP contribution in [0.5, 0.6) is 5.75 Å². The zero-order chi connectivity index (χ0) is 24.4. The smallest absolute Gasteiger partial charge is 0.319 e. The minimum Gasteiger partial charge on any atom is -0.486 e. The highest BCUT2D eigenvalue weighted by Crippen LogP contribution is 2.40. The highest BCUT2D eigenvalue weighted by Gasteiger charge is 2.27. The Morgan fingerprint density at radius 3 is 2.57 bits per heavy atom. The molecule has 2 heterocycles. The van der Waals surface area contributed by atoms with Crippen molar-refractivity contribution in [2.24, 2.45) is 5.92 Å². The van der Waals surface area contributed by atoms with E-state index >= 15 is 0 Å². The monoisotopic (exact) mass is 474 g/mol. The molecule has 8 heteroatoms. The van der Waals surface area contributed by atoms with Crippen LogP contribution in [0.4, 0.5) is 10.5 Å². The lowest BCUT2D eigenvalue weighted by Crippen LogP contribution is -2.34. The molecule has 0 atom stereocenters. The predicted octanol–water partition coefficient (Wildman–Crippen LogP) is 4.87. The number of nitriles is 1. The first-order valence-electron chi connectivity index (χ1n) is 12.1. The van der Waals surface area contributed by atoms with Gasteiger partial charge in [0.1, 0.15) is 24.7 Å². The van der Waals surface area contributed by atoms with E-state index in [4.69, 9.17) is 14.2 Å². The molecule has 5 rings (SSSR count). The minimum absolute atomic E-state index is 0.0534. The van der Waals surface area contributed by atoms with Crippen LogP contribution in [0, 0.1) is 17.2 Å². The molecule has 1 saturated carbocycles. The summed E-state index contributed by atoms with van der Waals surface area (Å²) in [6.45, 7) is 5.96. The molecule has 2 N–H and O–H groups in total. The van der Waals surface area contributed by atoms with E-state index in [1.807, 2.05) is 56.3 Å². The highest BCUT2D eigenvalue weighted by atomic mass is 16.7. The van der Waals surface area contributed by atoms with Gasteiger partial charge in [-0.25, -0.2) is 4.79 Å². The van der Waals surface area contributed by atoms with Gasteiger partial charge in [-0.15, -0.1) is 0 Å². The summed E-state index contributed by atoms with van der Waals surface area (Å²) in [4.78, 5) is 12.1. The topological polar surface area (TPSA) is 97.5 Å². The number of nitrogens with one attached hydrogen (secondary N) is 2. The van der Waals surface area contributed by atoms with Gasteiger partial charge in [-0.05, 0) is 62.4 Å². The van der Waals surface area contributed by atoms with Gasteiger partial charge in [-0.3, -0.25) is 0 Å². The first-order valence-corrected chi connectivity index (χ1v) is 12.1. The van der Waals surface area contributed by atoms with Gasteiger partial charge in [0.15, 0.2) is 0 Å². The van der Waals surface area contributed by atoms with Crippen LogP contribution in [0.3, 0.4) is 0 Å². The first-order chi connectivity index (χ1) is 17.0. The number of amides is 2. The quantitative estimate of drug-likeness (QED) is 0.509. The average molecular weight is 475 g/mol. The van der Waals surface area contributed by atoms with E-state index in [2.05, 4.69) is 21.3 Å². The van der Waals surface area contributed by atoms with Crippen LogP contribution in [-0.4, -0.2) is 42.8 Å². The van der Waals surface area contributed by atoms with E-state index in [1.54, 1.807) is 0 Å². The van der Waals surface area contributed by atoms with Crippen molar-refractivity contribution < 1.29 is 19.0 Å². The van der Waals surface area contributed by atoms with Crippen LogP contribution < -0.4 is 15.4 Å². The molecule has 0 spiro atoms. The van der Waals surface area contributed by atoms with Crippen LogP contribution in [-0.2, 0) is 16.0 Å². The Bertz CT molecular complexity index is 1250. The van der Waals surface area contributed by atoms with Gasteiger partial charge >= 0.3 is 6.03 Å². The molecule has 0 unspecified atom stereocenters. The number of hydrogen-bond donors (Lipinski definition) is 2. The number of hydrogen-bond acceptors (Lipinski definition) is 5. The second kappa shape index (κ2) is 9.98. The molecule has 2 amide bonds. The largest absolute Gasteiger partial charge is 0.486 e. The lowest BCUT2D eigenvalue weighted by Gasteiger charge is -2.23. The van der Waals surface area contributed by atoms with Gasteiger partial charge in [0.25, 0.3) is 0 Å². The number of anilines is 1. The van der Waals surface area contributed by atoms with Crippen molar-refractivity contribution in [3.63, 3.8) is 0 Å². The number of aromatic nitrogens is 1. The first kappa shape index (κ1) is 23.2. The zero-order valence-corrected chi connectivity index (χ0v) is 20.0. The summed E-state index contributed by atoms with van der Waals surface area (Å²) in [6, 6.07) is 15.8. The van der Waals surface area contributed by atoms with E-state index < -0.39 is 0 Å². The molecule has 8 nitrogen and oxygen atoms in total. The van der Waals surface area contributed by atoms with Gasteiger partial charge in [0.05, 0.1) is 30.0 Å². The molecular weight excluding hydrogens is 444 g/mol. The molecule has 35 heavy (non-hydrogen) atoms. The molecule has 0 radical (unpaired) electrons. The Hall–Kier alpha value is -3.54. The molecule has 2 fully saturated rings. The molecule has 3 aromatic rings. The lowest BCUT2D eigenvalue weighted by molar-refractivity contribution is -0.143. The van der Waals surface area contributed by atoms with E-state index in [-0.39, 0.29) is 18.2 Å². The summed E-state index contributed by atoms with van der Waals surface area (Å²) in [6.07, 6.45) is 2.24. The summed E-state index contributed by atoms with van der Waals surface area (Å²) < 4.78 is 19.1. The van der Waals surface area contributed by atoms with Crippen molar-refractivity contribution in [2.75, 3.05) is 25.3 Å². The Morgan fingerprint density at radius 1 is 1.17 bits per heavy atom. The Labute approximate surface area is 204 Å². The second-order valence-electron chi connectivity index (χ2n) is 9.50. The number of rotatable bonds is 7. The molecule has 2 aliphatic rings. The van der Waals surface area contributed by atoms with Gasteiger partial charge in [-0.1, -0.05) is 12.1 Å². The van der Waals surface area contributed by atoms with Crippen molar-refractivity contribution in [2.45, 2.75) is 45.4 Å². The van der Waals surface area contributed by atoms with Gasteiger partial charge in [0.2, 0.25) is 0 Å². The Morgan fingerprint density at radius 2 is 1.91 bits per heavy atom. The van der Waals surface area contributed by atoms with Gasteiger partial charge in [0, 0.05) is 29.7 Å². The van der Waals surface area contributed by atoms with Crippen molar-refractivity contribution in [3.05, 3.63) is 48.0 Å². The number of ether oxygens (including phenoxy) is 3. The molecular formula is C27H30N4O4. The van der Waals surface area contributed by atoms with Crippen LogP contribution in [0.1, 0.15) is 32.3 Å². The fourth-order valence-electron chi connectivity index (χ4n) is 4.43. The maximum absolute atomic E-state index is 12.1. The van der Waals surface area contributed by atoms with E-state index in [9.17, 15) is 10.1 Å². The maximum atomic E-state index is 12.1. The third kappa shape index (κ3) is 5.26. The third-order valence-electron chi connectivity index (χ3n) is 6.20. The number of urea groups is 1. The second-order valence-corrected chi connectivity index (χ2v) is 9.50. The van der Waals surface area contributed by atoms with Crippen molar-refractivity contribution in [1.29, 1.82) is 5.26 Å². The molecule has 1 aliphatic carbocycles. The Kier molecular flexibility index (Phi) is 6.62. The third-order valence-corrected chi connectivity index (χ3v) is 6.20. The van der Waals surface area contributed by atoms with Crippen molar-refractivity contribution in [1.82, 2.24) is 9.88 Å². The molecule has 1 aromatic heterocycles. The average Bonchev–Trinajstić information content (AvgIpc) is 3.61. The highest BCUT2D eigenvalue weighted by molar-refractivity contribution is 5.96. The summed E-state index contributed by atoms with van der Waals surface area (Å²) in [7, 11) is 0. The maximum Gasteiger partial charge on any atom is 0.319 e. The van der Waals surface area contributed by atoms with Crippen LogP contribution in [0.15, 0.2) is 42.5 Å². The summed E-state index contributed by atoms with van der Waals surface area (Å²) in [5.41, 5.74) is 4.16. The Balaban J connectivity index is 1.50. The SMILES string of the molecule is CC(C)NC(=O)Nc1ccc(-c2c(C#N)c3ccc(OC4COCOC4)cc3n2CC2CC2)cc1. The molecule has 1 saturated heterocycles. The fraction of sp³-hybridized carbons (Fsp3) is 0.407. The van der Waals surface area contributed by atoms with Crippen LogP contribution in [0.25, 0.3) is 22.2 Å². The number of carbonyl (C=O) groups is 1. The van der Waals surface area contributed by atoms with E-state index in [0.717, 1.165) is 34.5 Å². The van der Waals surface area contributed by atoms with Crippen molar-refractivity contribution in [3.8, 4) is 23.1 Å². The fourth-order valence-corrected chi connectivity index (χ4v) is 4.43. The molecule has 1 aliphatic heterocycles. The number of benzene rings is 2. The lowest BCUT2D eigenvalue weighted by atomic mass is 10.1. The zero-order valence-electron chi connectivity index (χ0n) is 20.0. The van der Waals surface area contributed by atoms with E-state index in [1.165, 1.54) is 12.8 Å². The molecule has 182 valence electrons. The molecule has 2 aromatic carbocycles.